The molecule has 254 valence electrons. The summed E-state index contributed by atoms with van der Waals surface area (Å²) in [6.07, 6.45) is 4.61. The minimum atomic E-state index is -0.559. The first-order valence-corrected chi connectivity index (χ1v) is 16.1. The number of methoxy groups -OCH3 is 2. The Morgan fingerprint density at radius 3 is 2.02 bits per heavy atom. The predicted octanol–water partition coefficient (Wildman–Crippen LogP) is 3.30. The third-order valence-electron chi connectivity index (χ3n) is 7.99. The van der Waals surface area contributed by atoms with Crippen LogP contribution in [-0.4, -0.2) is 85.0 Å². The van der Waals surface area contributed by atoms with E-state index in [0.29, 0.717) is 86.3 Å². The van der Waals surface area contributed by atoms with Crippen LogP contribution in [0.3, 0.4) is 0 Å². The van der Waals surface area contributed by atoms with Gasteiger partial charge in [-0.1, -0.05) is 64.8 Å². The number of rotatable bonds is 14. The van der Waals surface area contributed by atoms with Crippen molar-refractivity contribution in [3.05, 3.63) is 76.0 Å². The number of H-pyrrole nitrogens is 1. The number of amides is 1. The van der Waals surface area contributed by atoms with Gasteiger partial charge in [-0.2, -0.15) is 5.21 Å². The van der Waals surface area contributed by atoms with Gasteiger partial charge in [0.05, 0.1) is 60.7 Å². The van der Waals surface area contributed by atoms with Crippen LogP contribution < -0.4 is 25.4 Å². The standard InChI is InChI=1S/C32H33Cl2N11O4/c1-48-31-24(12-35-11-17-9-10-27(47)39-17)36-13-22(40-31)20-7-3-5-18(28(20)33)19-6-4-8-21(29(19)34)23-14-37-25(32(41-23)49-2)15-38-26(16-46)30-42-44-45-43-30/h3-8,13-14,17,26,35,38,46H,9-12,15-16H2,1-2H3,(H,39,47)(H,42,43,44,45)/t17-,26?/m0/s1. The van der Waals surface area contributed by atoms with Crippen LogP contribution in [-0.2, 0) is 17.9 Å². The lowest BCUT2D eigenvalue weighted by Crippen LogP contribution is -2.35. The van der Waals surface area contributed by atoms with Crippen molar-refractivity contribution in [1.82, 2.24) is 56.5 Å². The van der Waals surface area contributed by atoms with E-state index >= 15 is 0 Å². The quantitative estimate of drug-likeness (QED) is 0.113. The molecule has 2 aromatic carbocycles. The second kappa shape index (κ2) is 15.6. The van der Waals surface area contributed by atoms with Gasteiger partial charge >= 0.3 is 0 Å². The van der Waals surface area contributed by atoms with Gasteiger partial charge in [-0.25, -0.2) is 9.97 Å². The first kappa shape index (κ1) is 34.1. The van der Waals surface area contributed by atoms with E-state index in [1.54, 1.807) is 19.5 Å². The van der Waals surface area contributed by atoms with Crippen LogP contribution >= 0.6 is 23.2 Å². The SMILES string of the molecule is COc1nc(-c2cccc(-c3cccc(-c4cnc(CNC(CO)c5nn[nH]n5)c(OC)n4)c3Cl)c2Cl)cnc1CNC[C@@H]1CCC(=O)N1. The number of hydrogen-bond acceptors (Lipinski definition) is 13. The van der Waals surface area contributed by atoms with Crippen molar-refractivity contribution in [2.24, 2.45) is 0 Å². The van der Waals surface area contributed by atoms with Crippen LogP contribution in [0.2, 0.25) is 10.0 Å². The van der Waals surface area contributed by atoms with Gasteiger partial charge < -0.3 is 25.2 Å². The molecule has 0 spiro atoms. The molecule has 1 amide bonds. The minimum Gasteiger partial charge on any atom is -0.480 e. The van der Waals surface area contributed by atoms with Gasteiger partial charge in [-0.05, 0) is 6.42 Å². The van der Waals surface area contributed by atoms with E-state index in [1.165, 1.54) is 7.11 Å². The van der Waals surface area contributed by atoms with E-state index in [9.17, 15) is 9.90 Å². The summed E-state index contributed by atoms with van der Waals surface area (Å²) in [5.41, 5.74) is 4.82. The zero-order chi connectivity index (χ0) is 34.3. The number of carbonyl (C=O) groups excluding carboxylic acids is 1. The van der Waals surface area contributed by atoms with E-state index < -0.39 is 6.04 Å². The van der Waals surface area contributed by atoms with E-state index in [2.05, 4.69) is 51.5 Å². The summed E-state index contributed by atoms with van der Waals surface area (Å²) in [4.78, 5) is 30.0. The molecular weight excluding hydrogens is 673 g/mol. The normalized spacial score (nSPS) is 14.9. The van der Waals surface area contributed by atoms with Crippen molar-refractivity contribution in [2.45, 2.75) is 38.0 Å². The molecule has 5 aromatic rings. The van der Waals surface area contributed by atoms with Gasteiger partial charge in [0.2, 0.25) is 17.7 Å². The fraction of sp³-hybridized carbons (Fsp3) is 0.312. The summed E-state index contributed by atoms with van der Waals surface area (Å²) in [6.45, 7) is 1.02. The van der Waals surface area contributed by atoms with E-state index in [-0.39, 0.29) is 31.0 Å². The number of ether oxygens (including phenoxy) is 2. The number of nitrogens with one attached hydrogen (secondary N) is 4. The summed E-state index contributed by atoms with van der Waals surface area (Å²) in [5, 5.41) is 33.7. The van der Waals surface area contributed by atoms with Crippen LogP contribution in [0.4, 0.5) is 0 Å². The number of carbonyl (C=O) groups is 1. The first-order valence-electron chi connectivity index (χ1n) is 15.4. The lowest BCUT2D eigenvalue weighted by Gasteiger charge is -2.16. The molecule has 3 aromatic heterocycles. The second-order valence-electron chi connectivity index (χ2n) is 11.1. The van der Waals surface area contributed by atoms with E-state index in [4.69, 9.17) is 37.7 Å². The summed E-state index contributed by atoms with van der Waals surface area (Å²) < 4.78 is 11.1. The third kappa shape index (κ3) is 7.60. The van der Waals surface area contributed by atoms with Crippen molar-refractivity contribution in [3.8, 4) is 45.4 Å². The lowest BCUT2D eigenvalue weighted by molar-refractivity contribution is -0.119. The lowest BCUT2D eigenvalue weighted by atomic mass is 9.98. The monoisotopic (exact) mass is 705 g/mol. The molecule has 0 radical (unpaired) electrons. The van der Waals surface area contributed by atoms with Gasteiger partial charge in [0.25, 0.3) is 0 Å². The summed E-state index contributed by atoms with van der Waals surface area (Å²) in [7, 11) is 3.04. The number of benzene rings is 2. The molecule has 1 aliphatic heterocycles. The molecule has 1 unspecified atom stereocenters. The third-order valence-corrected chi connectivity index (χ3v) is 8.80. The van der Waals surface area contributed by atoms with E-state index in [0.717, 1.165) is 6.42 Å². The Balaban J connectivity index is 1.22. The van der Waals surface area contributed by atoms with E-state index in [1.807, 2.05) is 36.4 Å². The molecule has 2 atom stereocenters. The van der Waals surface area contributed by atoms with Crippen molar-refractivity contribution in [2.75, 3.05) is 27.4 Å². The number of tetrazole rings is 1. The molecule has 0 saturated carbocycles. The number of hydrogen-bond donors (Lipinski definition) is 5. The van der Waals surface area contributed by atoms with Crippen molar-refractivity contribution in [1.29, 1.82) is 0 Å². The zero-order valence-electron chi connectivity index (χ0n) is 26.6. The molecule has 17 heteroatoms. The van der Waals surface area contributed by atoms with Crippen molar-refractivity contribution >= 4 is 29.1 Å². The van der Waals surface area contributed by atoms with Gasteiger partial charge in [0, 0.05) is 54.4 Å². The highest BCUT2D eigenvalue weighted by Gasteiger charge is 2.22. The number of aliphatic hydroxyl groups excluding tert-OH is 1. The molecule has 1 aliphatic rings. The van der Waals surface area contributed by atoms with Crippen LogP contribution in [0.25, 0.3) is 33.6 Å². The van der Waals surface area contributed by atoms with Gasteiger partial charge in [0.15, 0.2) is 5.82 Å². The first-order chi connectivity index (χ1) is 23.9. The van der Waals surface area contributed by atoms with Crippen molar-refractivity contribution < 1.29 is 19.4 Å². The average Bonchev–Trinajstić information content (AvgIpc) is 3.81. The number of aromatic nitrogens is 8. The number of nitrogens with zero attached hydrogens (tertiary/aromatic N) is 7. The Kier molecular flexibility index (Phi) is 10.9. The van der Waals surface area contributed by atoms with Crippen LogP contribution in [0.1, 0.15) is 36.1 Å². The molecule has 0 aliphatic carbocycles. The summed E-state index contributed by atoms with van der Waals surface area (Å²) in [5.74, 6) is 1.05. The molecular formula is C32H33Cl2N11O4. The molecule has 15 nitrogen and oxygen atoms in total. The molecule has 4 heterocycles. The predicted molar refractivity (Wildman–Crippen MR) is 181 cm³/mol. The van der Waals surface area contributed by atoms with Crippen LogP contribution in [0, 0.1) is 0 Å². The second-order valence-corrected chi connectivity index (χ2v) is 11.8. The highest BCUT2D eigenvalue weighted by molar-refractivity contribution is 6.39. The average molecular weight is 707 g/mol. The van der Waals surface area contributed by atoms with Crippen LogP contribution in [0.15, 0.2) is 48.8 Å². The fourth-order valence-corrected chi connectivity index (χ4v) is 6.12. The Hall–Kier alpha value is -4.80. The molecule has 0 bridgehead atoms. The van der Waals surface area contributed by atoms with Gasteiger partial charge in [-0.15, -0.1) is 10.2 Å². The minimum absolute atomic E-state index is 0.0736. The number of halogens is 2. The summed E-state index contributed by atoms with van der Waals surface area (Å²) >= 11 is 14.1. The smallest absolute Gasteiger partial charge is 0.237 e. The molecule has 1 saturated heterocycles. The van der Waals surface area contributed by atoms with Gasteiger partial charge in [0.1, 0.15) is 11.4 Å². The molecule has 5 N–H and O–H groups in total. The number of aromatic amines is 1. The molecule has 6 rings (SSSR count). The Morgan fingerprint density at radius 1 is 0.918 bits per heavy atom. The number of aliphatic hydroxyl groups is 1. The summed E-state index contributed by atoms with van der Waals surface area (Å²) in [6, 6.07) is 10.7. The van der Waals surface area contributed by atoms with Gasteiger partial charge in [-0.3, -0.25) is 20.1 Å². The van der Waals surface area contributed by atoms with Crippen molar-refractivity contribution in [3.63, 3.8) is 0 Å². The topological polar surface area (TPSA) is 198 Å². The Morgan fingerprint density at radius 2 is 1.51 bits per heavy atom. The molecule has 49 heavy (non-hydrogen) atoms. The zero-order valence-corrected chi connectivity index (χ0v) is 28.1. The largest absolute Gasteiger partial charge is 0.480 e. The fourth-order valence-electron chi connectivity index (χ4n) is 5.47. The Bertz CT molecular complexity index is 1930. The maximum atomic E-state index is 11.5. The maximum Gasteiger partial charge on any atom is 0.237 e. The Labute approximate surface area is 291 Å². The van der Waals surface area contributed by atoms with Crippen LogP contribution in [0.5, 0.6) is 11.8 Å². The highest BCUT2D eigenvalue weighted by atomic mass is 35.5. The molecule has 1 fully saturated rings. The maximum absolute atomic E-state index is 11.5. The highest BCUT2D eigenvalue weighted by Crippen LogP contribution is 2.42.